The van der Waals surface area contributed by atoms with Crippen LogP contribution in [0.3, 0.4) is 0 Å². The summed E-state index contributed by atoms with van der Waals surface area (Å²) in [5.74, 6) is -0.348. The third-order valence-electron chi connectivity index (χ3n) is 3.40. The molecule has 2 heterocycles. The van der Waals surface area contributed by atoms with Crippen LogP contribution in [-0.2, 0) is 18.2 Å². The summed E-state index contributed by atoms with van der Waals surface area (Å²) in [6, 6.07) is 9.05. The number of nitrogens with zero attached hydrogens (tertiary/aromatic N) is 4. The summed E-state index contributed by atoms with van der Waals surface area (Å²) in [6.07, 6.45) is 3.90. The van der Waals surface area contributed by atoms with E-state index in [1.54, 1.807) is 42.3 Å². The number of carbonyl (C=O) groups is 1. The Bertz CT molecular complexity index is 798. The van der Waals surface area contributed by atoms with Crippen LogP contribution in [0.4, 0.5) is 0 Å². The van der Waals surface area contributed by atoms with E-state index in [0.717, 1.165) is 16.6 Å². The van der Waals surface area contributed by atoms with Gasteiger partial charge in [0.05, 0.1) is 11.1 Å². The second kappa shape index (κ2) is 5.93. The van der Waals surface area contributed by atoms with Gasteiger partial charge < -0.3 is 4.74 Å². The molecule has 0 amide bonds. The smallest absolute Gasteiger partial charge is 0.338 e. The first-order valence-electron chi connectivity index (χ1n) is 7.03. The highest BCUT2D eigenvalue weighted by Gasteiger charge is 2.14. The summed E-state index contributed by atoms with van der Waals surface area (Å²) >= 11 is 0. The van der Waals surface area contributed by atoms with Crippen molar-refractivity contribution in [2.45, 2.75) is 19.4 Å². The predicted octanol–water partition coefficient (Wildman–Crippen LogP) is 2.15. The number of aromatic nitrogens is 4. The van der Waals surface area contributed by atoms with Crippen molar-refractivity contribution >= 4 is 17.0 Å². The molecule has 1 unspecified atom stereocenters. The maximum Gasteiger partial charge on any atom is 0.338 e. The van der Waals surface area contributed by atoms with Gasteiger partial charge in [0.25, 0.3) is 0 Å². The SMILES string of the molecule is CC(Cc1cccnc1)OC(=O)c1ccc2nnn(C)c2c1. The second-order valence-corrected chi connectivity index (χ2v) is 5.20. The Balaban J connectivity index is 1.71. The van der Waals surface area contributed by atoms with Gasteiger partial charge in [-0.3, -0.25) is 4.98 Å². The average Bonchev–Trinajstić information content (AvgIpc) is 2.89. The normalized spacial score (nSPS) is 12.3. The molecule has 0 aliphatic carbocycles. The number of hydrogen-bond donors (Lipinski definition) is 0. The molecule has 0 bridgehead atoms. The number of carbonyl (C=O) groups excluding carboxylic acids is 1. The predicted molar refractivity (Wildman–Crippen MR) is 81.3 cm³/mol. The van der Waals surface area contributed by atoms with Crippen molar-refractivity contribution in [1.29, 1.82) is 0 Å². The highest BCUT2D eigenvalue weighted by atomic mass is 16.5. The van der Waals surface area contributed by atoms with Gasteiger partial charge in [-0.15, -0.1) is 5.10 Å². The molecule has 6 heteroatoms. The van der Waals surface area contributed by atoms with Gasteiger partial charge in [-0.25, -0.2) is 9.48 Å². The summed E-state index contributed by atoms with van der Waals surface area (Å²) in [5, 5.41) is 7.91. The van der Waals surface area contributed by atoms with Crippen molar-refractivity contribution in [2.75, 3.05) is 0 Å². The lowest BCUT2D eigenvalue weighted by atomic mass is 10.1. The van der Waals surface area contributed by atoms with Gasteiger partial charge in [-0.1, -0.05) is 11.3 Å². The lowest BCUT2D eigenvalue weighted by Crippen LogP contribution is -2.17. The molecule has 22 heavy (non-hydrogen) atoms. The van der Waals surface area contributed by atoms with Crippen LogP contribution >= 0.6 is 0 Å². The quantitative estimate of drug-likeness (QED) is 0.690. The lowest BCUT2D eigenvalue weighted by molar-refractivity contribution is 0.0343. The van der Waals surface area contributed by atoms with Crippen molar-refractivity contribution in [3.63, 3.8) is 0 Å². The van der Waals surface area contributed by atoms with E-state index in [0.29, 0.717) is 12.0 Å². The Morgan fingerprint density at radius 2 is 2.23 bits per heavy atom. The summed E-state index contributed by atoms with van der Waals surface area (Å²) in [6.45, 7) is 1.87. The topological polar surface area (TPSA) is 69.9 Å². The molecule has 3 aromatic rings. The maximum absolute atomic E-state index is 12.2. The largest absolute Gasteiger partial charge is 0.459 e. The van der Waals surface area contributed by atoms with Crippen LogP contribution in [-0.4, -0.2) is 32.1 Å². The summed E-state index contributed by atoms with van der Waals surface area (Å²) < 4.78 is 7.12. The van der Waals surface area contributed by atoms with E-state index in [2.05, 4.69) is 15.3 Å². The number of hydrogen-bond acceptors (Lipinski definition) is 5. The molecule has 0 spiro atoms. The maximum atomic E-state index is 12.2. The first-order chi connectivity index (χ1) is 10.6. The molecule has 3 rings (SSSR count). The highest BCUT2D eigenvalue weighted by molar-refractivity contribution is 5.93. The molecular weight excluding hydrogens is 280 g/mol. The molecule has 6 nitrogen and oxygen atoms in total. The van der Waals surface area contributed by atoms with Gasteiger partial charge >= 0.3 is 5.97 Å². The van der Waals surface area contributed by atoms with Gasteiger partial charge in [0.1, 0.15) is 11.6 Å². The van der Waals surface area contributed by atoms with Crippen LogP contribution < -0.4 is 0 Å². The Labute approximate surface area is 127 Å². The molecule has 112 valence electrons. The number of ether oxygens (including phenoxy) is 1. The standard InChI is InChI=1S/C16H16N4O2/c1-11(8-12-4-3-7-17-10-12)22-16(21)13-5-6-14-15(9-13)20(2)19-18-14/h3-7,9-11H,8H2,1-2H3. The number of rotatable bonds is 4. The van der Waals surface area contributed by atoms with Crippen LogP contribution in [0.2, 0.25) is 0 Å². The summed E-state index contributed by atoms with van der Waals surface area (Å²) in [7, 11) is 1.79. The number of aryl methyl sites for hydroxylation is 1. The Morgan fingerprint density at radius 3 is 3.00 bits per heavy atom. The third kappa shape index (κ3) is 2.95. The Morgan fingerprint density at radius 1 is 1.36 bits per heavy atom. The minimum Gasteiger partial charge on any atom is -0.459 e. The van der Waals surface area contributed by atoms with Crippen LogP contribution in [0.5, 0.6) is 0 Å². The Kier molecular flexibility index (Phi) is 3.82. The van der Waals surface area contributed by atoms with E-state index < -0.39 is 0 Å². The fourth-order valence-corrected chi connectivity index (χ4v) is 2.30. The van der Waals surface area contributed by atoms with Crippen LogP contribution in [0.25, 0.3) is 11.0 Å². The van der Waals surface area contributed by atoms with E-state index in [1.165, 1.54) is 0 Å². The van der Waals surface area contributed by atoms with Gasteiger partial charge in [0, 0.05) is 25.9 Å². The zero-order chi connectivity index (χ0) is 15.5. The molecule has 0 aliphatic rings. The molecule has 0 radical (unpaired) electrons. The van der Waals surface area contributed by atoms with E-state index >= 15 is 0 Å². The van der Waals surface area contributed by atoms with Crippen LogP contribution in [0.15, 0.2) is 42.7 Å². The highest BCUT2D eigenvalue weighted by Crippen LogP contribution is 2.15. The fourth-order valence-electron chi connectivity index (χ4n) is 2.30. The van der Waals surface area contributed by atoms with Gasteiger partial charge in [-0.2, -0.15) is 0 Å². The molecular formula is C16H16N4O2. The van der Waals surface area contributed by atoms with Crippen molar-refractivity contribution < 1.29 is 9.53 Å². The first kappa shape index (κ1) is 14.2. The number of benzene rings is 1. The fraction of sp³-hybridized carbons (Fsp3) is 0.250. The van der Waals surface area contributed by atoms with Crippen LogP contribution in [0.1, 0.15) is 22.8 Å². The lowest BCUT2D eigenvalue weighted by Gasteiger charge is -2.13. The molecule has 0 saturated carbocycles. The van der Waals surface area contributed by atoms with Gasteiger partial charge in [-0.05, 0) is 36.8 Å². The van der Waals surface area contributed by atoms with Gasteiger partial charge in [0.2, 0.25) is 0 Å². The monoisotopic (exact) mass is 296 g/mol. The zero-order valence-corrected chi connectivity index (χ0v) is 12.4. The number of esters is 1. The Hall–Kier alpha value is -2.76. The molecule has 0 saturated heterocycles. The molecule has 0 fully saturated rings. The second-order valence-electron chi connectivity index (χ2n) is 5.20. The van der Waals surface area contributed by atoms with E-state index in [-0.39, 0.29) is 12.1 Å². The summed E-state index contributed by atoms with van der Waals surface area (Å²) in [4.78, 5) is 16.3. The van der Waals surface area contributed by atoms with E-state index in [1.807, 2.05) is 19.1 Å². The third-order valence-corrected chi connectivity index (χ3v) is 3.40. The van der Waals surface area contributed by atoms with Crippen molar-refractivity contribution in [1.82, 2.24) is 20.0 Å². The molecule has 1 atom stereocenters. The first-order valence-corrected chi connectivity index (χ1v) is 7.03. The molecule has 0 aliphatic heterocycles. The van der Waals surface area contributed by atoms with Crippen molar-refractivity contribution in [3.8, 4) is 0 Å². The number of fused-ring (bicyclic) bond motifs is 1. The zero-order valence-electron chi connectivity index (χ0n) is 12.4. The van der Waals surface area contributed by atoms with E-state index in [9.17, 15) is 4.79 Å². The van der Waals surface area contributed by atoms with Crippen LogP contribution in [0, 0.1) is 0 Å². The minimum absolute atomic E-state index is 0.225. The van der Waals surface area contributed by atoms with Gasteiger partial charge in [0.15, 0.2) is 0 Å². The van der Waals surface area contributed by atoms with E-state index in [4.69, 9.17) is 4.74 Å². The van der Waals surface area contributed by atoms with Crippen molar-refractivity contribution in [3.05, 3.63) is 53.9 Å². The average molecular weight is 296 g/mol. The molecule has 2 aromatic heterocycles. The molecule has 0 N–H and O–H groups in total. The summed E-state index contributed by atoms with van der Waals surface area (Å²) in [5.41, 5.74) is 3.09. The number of pyridine rings is 1. The minimum atomic E-state index is -0.348. The molecule has 1 aromatic carbocycles. The van der Waals surface area contributed by atoms with Crippen molar-refractivity contribution in [2.24, 2.45) is 7.05 Å².